The summed E-state index contributed by atoms with van der Waals surface area (Å²) in [7, 11) is 1.73. The molecule has 1 amide bonds. The molecular formula is C13H27Cl2N3O2. The molecule has 0 spiro atoms. The molecule has 0 aromatic carbocycles. The highest BCUT2D eigenvalue weighted by molar-refractivity contribution is 5.85. The van der Waals surface area contributed by atoms with E-state index in [0.717, 1.165) is 52.4 Å². The Morgan fingerprint density at radius 2 is 1.85 bits per heavy atom. The summed E-state index contributed by atoms with van der Waals surface area (Å²) in [6.07, 6.45) is 0. The minimum absolute atomic E-state index is 0. The predicted octanol–water partition coefficient (Wildman–Crippen LogP) is 0.476. The van der Waals surface area contributed by atoms with Crippen LogP contribution in [-0.2, 0) is 9.53 Å². The van der Waals surface area contributed by atoms with Crippen molar-refractivity contribution >= 4 is 30.7 Å². The molecule has 0 aromatic rings. The molecule has 2 saturated heterocycles. The lowest BCUT2D eigenvalue weighted by Gasteiger charge is -2.39. The highest BCUT2D eigenvalue weighted by Crippen LogP contribution is 2.19. The largest absolute Gasteiger partial charge is 0.383 e. The van der Waals surface area contributed by atoms with E-state index in [4.69, 9.17) is 4.74 Å². The van der Waals surface area contributed by atoms with Crippen molar-refractivity contribution in [1.29, 1.82) is 0 Å². The minimum atomic E-state index is 0. The van der Waals surface area contributed by atoms with Gasteiger partial charge in [-0.2, -0.15) is 0 Å². The predicted molar refractivity (Wildman–Crippen MR) is 84.9 cm³/mol. The first-order chi connectivity index (χ1) is 8.72. The monoisotopic (exact) mass is 327 g/mol. The number of ether oxygens (including phenoxy) is 1. The second kappa shape index (κ2) is 9.79. The van der Waals surface area contributed by atoms with Crippen LogP contribution in [0, 0.1) is 11.8 Å². The molecule has 0 aromatic heterocycles. The third-order valence-corrected chi connectivity index (χ3v) is 4.21. The summed E-state index contributed by atoms with van der Waals surface area (Å²) in [5, 5.41) is 3.24. The third kappa shape index (κ3) is 5.04. The van der Waals surface area contributed by atoms with Crippen LogP contribution in [-0.4, -0.2) is 75.2 Å². The van der Waals surface area contributed by atoms with Crippen molar-refractivity contribution in [3.05, 3.63) is 0 Å². The molecule has 1 N–H and O–H groups in total. The molecule has 1 atom stereocenters. The fourth-order valence-corrected chi connectivity index (χ4v) is 2.57. The second-order valence-corrected chi connectivity index (χ2v) is 5.37. The number of methoxy groups -OCH3 is 1. The van der Waals surface area contributed by atoms with Crippen molar-refractivity contribution in [2.75, 3.05) is 59.5 Å². The molecule has 0 bridgehead atoms. The standard InChI is InChI=1S/C13H25N3O2.2ClH/c1-11(12-9-14-10-12)13(17)16-5-3-15(4-6-16)7-8-18-2;;/h11-12,14H,3-10H2,1-2H3;2*1H. The maximum Gasteiger partial charge on any atom is 0.225 e. The molecule has 7 heteroatoms. The van der Waals surface area contributed by atoms with E-state index in [2.05, 4.69) is 17.1 Å². The van der Waals surface area contributed by atoms with E-state index >= 15 is 0 Å². The Kier molecular flexibility index (Phi) is 9.76. The lowest BCUT2D eigenvalue weighted by Crippen LogP contribution is -2.54. The first-order valence-corrected chi connectivity index (χ1v) is 6.93. The van der Waals surface area contributed by atoms with E-state index in [1.807, 2.05) is 4.90 Å². The van der Waals surface area contributed by atoms with Gasteiger partial charge in [0.25, 0.3) is 0 Å². The van der Waals surface area contributed by atoms with Crippen molar-refractivity contribution < 1.29 is 9.53 Å². The smallest absolute Gasteiger partial charge is 0.225 e. The number of carbonyl (C=O) groups is 1. The molecule has 20 heavy (non-hydrogen) atoms. The molecule has 2 fully saturated rings. The fourth-order valence-electron chi connectivity index (χ4n) is 2.57. The minimum Gasteiger partial charge on any atom is -0.383 e. The van der Waals surface area contributed by atoms with E-state index in [0.29, 0.717) is 11.8 Å². The average molecular weight is 328 g/mol. The Labute approximate surface area is 134 Å². The van der Waals surface area contributed by atoms with Crippen molar-refractivity contribution in [1.82, 2.24) is 15.1 Å². The maximum atomic E-state index is 12.3. The number of nitrogens with zero attached hydrogens (tertiary/aromatic N) is 2. The molecule has 2 aliphatic heterocycles. The summed E-state index contributed by atoms with van der Waals surface area (Å²) in [4.78, 5) is 16.7. The van der Waals surface area contributed by atoms with E-state index in [1.54, 1.807) is 7.11 Å². The normalized spacial score (nSPS) is 21.4. The van der Waals surface area contributed by atoms with Gasteiger partial charge >= 0.3 is 0 Å². The number of hydrogen-bond acceptors (Lipinski definition) is 4. The van der Waals surface area contributed by atoms with Gasteiger partial charge in [0, 0.05) is 45.8 Å². The van der Waals surface area contributed by atoms with Crippen LogP contribution in [0.4, 0.5) is 0 Å². The number of halogens is 2. The molecule has 2 heterocycles. The Hall–Kier alpha value is -0.0700. The zero-order chi connectivity index (χ0) is 13.0. The number of rotatable bonds is 5. The third-order valence-electron chi connectivity index (χ3n) is 4.21. The van der Waals surface area contributed by atoms with Crippen molar-refractivity contribution in [2.24, 2.45) is 11.8 Å². The Balaban J connectivity index is 0.00000180. The number of amides is 1. The van der Waals surface area contributed by atoms with Gasteiger partial charge in [-0.25, -0.2) is 0 Å². The van der Waals surface area contributed by atoms with Gasteiger partial charge in [-0.1, -0.05) is 6.92 Å². The van der Waals surface area contributed by atoms with Gasteiger partial charge in [0.05, 0.1) is 6.61 Å². The topological polar surface area (TPSA) is 44.8 Å². The van der Waals surface area contributed by atoms with Crippen LogP contribution in [0.5, 0.6) is 0 Å². The highest BCUT2D eigenvalue weighted by atomic mass is 35.5. The fraction of sp³-hybridized carbons (Fsp3) is 0.923. The molecule has 0 radical (unpaired) electrons. The van der Waals surface area contributed by atoms with Crippen LogP contribution in [0.15, 0.2) is 0 Å². The maximum absolute atomic E-state index is 12.3. The van der Waals surface area contributed by atoms with Gasteiger partial charge < -0.3 is 15.0 Å². The van der Waals surface area contributed by atoms with Gasteiger partial charge in [0.2, 0.25) is 5.91 Å². The lowest BCUT2D eigenvalue weighted by molar-refractivity contribution is -0.139. The Morgan fingerprint density at radius 3 is 2.30 bits per heavy atom. The van der Waals surface area contributed by atoms with Crippen molar-refractivity contribution in [2.45, 2.75) is 6.92 Å². The summed E-state index contributed by atoms with van der Waals surface area (Å²) in [6.45, 7) is 9.51. The molecule has 0 saturated carbocycles. The van der Waals surface area contributed by atoms with E-state index in [1.165, 1.54) is 0 Å². The molecule has 2 aliphatic rings. The number of nitrogens with one attached hydrogen (secondary N) is 1. The summed E-state index contributed by atoms with van der Waals surface area (Å²) >= 11 is 0. The Bertz CT molecular complexity index is 283. The van der Waals surface area contributed by atoms with Crippen LogP contribution < -0.4 is 5.32 Å². The molecule has 0 aliphatic carbocycles. The van der Waals surface area contributed by atoms with Gasteiger partial charge in [0.1, 0.15) is 0 Å². The summed E-state index contributed by atoms with van der Waals surface area (Å²) in [5.41, 5.74) is 0. The van der Waals surface area contributed by atoms with Gasteiger partial charge in [0.15, 0.2) is 0 Å². The van der Waals surface area contributed by atoms with Crippen LogP contribution in [0.25, 0.3) is 0 Å². The van der Waals surface area contributed by atoms with Crippen molar-refractivity contribution in [3.63, 3.8) is 0 Å². The van der Waals surface area contributed by atoms with Crippen LogP contribution in [0.2, 0.25) is 0 Å². The quantitative estimate of drug-likeness (QED) is 0.797. The van der Waals surface area contributed by atoms with Crippen molar-refractivity contribution in [3.8, 4) is 0 Å². The lowest BCUT2D eigenvalue weighted by atomic mass is 9.88. The Morgan fingerprint density at radius 1 is 1.25 bits per heavy atom. The number of hydrogen-bond donors (Lipinski definition) is 1. The van der Waals surface area contributed by atoms with Gasteiger partial charge in [-0.05, 0) is 19.0 Å². The van der Waals surface area contributed by atoms with Crippen LogP contribution in [0.1, 0.15) is 6.92 Å². The SMILES string of the molecule is COCCN1CCN(C(=O)C(C)C2CNC2)CC1.Cl.Cl. The van der Waals surface area contributed by atoms with E-state index in [-0.39, 0.29) is 30.7 Å². The van der Waals surface area contributed by atoms with E-state index in [9.17, 15) is 4.79 Å². The number of carbonyl (C=O) groups excluding carboxylic acids is 1. The molecule has 1 unspecified atom stereocenters. The summed E-state index contributed by atoms with van der Waals surface area (Å²) in [5.74, 6) is 1.06. The van der Waals surface area contributed by atoms with Crippen LogP contribution >= 0.6 is 24.8 Å². The zero-order valence-electron chi connectivity index (χ0n) is 12.3. The first kappa shape index (κ1) is 19.9. The number of piperazine rings is 1. The average Bonchev–Trinajstić information content (AvgIpc) is 2.34. The molecule has 5 nitrogen and oxygen atoms in total. The highest BCUT2D eigenvalue weighted by Gasteiger charge is 2.32. The van der Waals surface area contributed by atoms with E-state index < -0.39 is 0 Å². The van der Waals surface area contributed by atoms with Gasteiger partial charge in [-0.3, -0.25) is 9.69 Å². The molecular weight excluding hydrogens is 301 g/mol. The second-order valence-electron chi connectivity index (χ2n) is 5.37. The summed E-state index contributed by atoms with van der Waals surface area (Å²) in [6, 6.07) is 0. The molecule has 2 rings (SSSR count). The van der Waals surface area contributed by atoms with Gasteiger partial charge in [-0.15, -0.1) is 24.8 Å². The van der Waals surface area contributed by atoms with Crippen LogP contribution in [0.3, 0.4) is 0 Å². The zero-order valence-corrected chi connectivity index (χ0v) is 14.0. The summed E-state index contributed by atoms with van der Waals surface area (Å²) < 4.78 is 5.08. The first-order valence-electron chi connectivity index (χ1n) is 6.93. The molecule has 120 valence electrons.